The lowest BCUT2D eigenvalue weighted by molar-refractivity contribution is 0.558. The molecule has 0 saturated heterocycles. The van der Waals surface area contributed by atoms with Gasteiger partial charge in [-0.15, -0.1) is 11.3 Å². The second-order valence-electron chi connectivity index (χ2n) is 7.42. The third-order valence-corrected chi connectivity index (χ3v) is 7.53. The summed E-state index contributed by atoms with van der Waals surface area (Å²) in [6.45, 7) is 3.79. The molecule has 148 valence electrons. The van der Waals surface area contributed by atoms with Crippen LogP contribution < -0.4 is 16.0 Å². The van der Waals surface area contributed by atoms with Gasteiger partial charge in [0.1, 0.15) is 0 Å². The van der Waals surface area contributed by atoms with Gasteiger partial charge in [0.25, 0.3) is 5.56 Å². The molecule has 2 aromatic heterocycles. The zero-order chi connectivity index (χ0) is 20.3. The van der Waals surface area contributed by atoms with E-state index in [0.717, 1.165) is 27.3 Å². The number of rotatable bonds is 5. The molecule has 1 aliphatic carbocycles. The number of fused-ring (bicyclic) bond motifs is 1. The van der Waals surface area contributed by atoms with Gasteiger partial charge < -0.3 is 0 Å². The van der Waals surface area contributed by atoms with E-state index in [1.807, 2.05) is 13.8 Å². The van der Waals surface area contributed by atoms with Crippen LogP contribution in [-0.4, -0.2) is 28.1 Å². The van der Waals surface area contributed by atoms with E-state index in [-0.39, 0.29) is 16.8 Å². The Morgan fingerprint density at radius 2 is 2.00 bits per heavy atom. The van der Waals surface area contributed by atoms with Gasteiger partial charge in [0.15, 0.2) is 0 Å². The fourth-order valence-electron chi connectivity index (χ4n) is 3.11. The second-order valence-corrected chi connectivity index (χ2v) is 10.4. The average molecular weight is 421 g/mol. The van der Waals surface area contributed by atoms with Gasteiger partial charge in [-0.05, 0) is 44.9 Å². The molecule has 0 aliphatic heterocycles. The van der Waals surface area contributed by atoms with Gasteiger partial charge in [-0.3, -0.25) is 13.9 Å². The monoisotopic (exact) mass is 420 g/mol. The number of hydrogen-bond acceptors (Lipinski definition) is 6. The highest BCUT2D eigenvalue weighted by Crippen LogP contribution is 2.36. The zero-order valence-electron chi connectivity index (χ0n) is 15.7. The van der Waals surface area contributed by atoms with Gasteiger partial charge in [0.2, 0.25) is 10.0 Å². The third-order valence-electron chi connectivity index (χ3n) is 5.00. The summed E-state index contributed by atoms with van der Waals surface area (Å²) >= 11 is 1.41. The largest absolute Gasteiger partial charge is 0.331 e. The number of nitrogens with zero attached hydrogens (tertiary/aromatic N) is 3. The van der Waals surface area contributed by atoms with E-state index in [1.165, 1.54) is 34.1 Å². The standard InChI is InChI=1S/C18H20N4O4S2/c1-11-19-9-12(27-11)10-22-16(23)14-8-13(4-5-15(14)21(3)17(22)24)28(25,26)20-18(2)6-7-18/h4-5,8-9,20H,6-7,10H2,1-3H3. The Bertz CT molecular complexity index is 1310. The molecule has 0 bridgehead atoms. The van der Waals surface area contributed by atoms with Crippen molar-refractivity contribution in [3.05, 3.63) is 55.1 Å². The van der Waals surface area contributed by atoms with Crippen molar-refractivity contribution in [3.63, 3.8) is 0 Å². The number of benzene rings is 1. The predicted molar refractivity (Wildman–Crippen MR) is 107 cm³/mol. The van der Waals surface area contributed by atoms with Gasteiger partial charge in [0, 0.05) is 23.7 Å². The molecule has 1 N–H and O–H groups in total. The highest BCUT2D eigenvalue weighted by atomic mass is 32.2. The van der Waals surface area contributed by atoms with Crippen LogP contribution in [0.2, 0.25) is 0 Å². The number of thiazole rings is 1. The van der Waals surface area contributed by atoms with Crippen LogP contribution in [0.15, 0.2) is 38.9 Å². The summed E-state index contributed by atoms with van der Waals surface area (Å²) < 4.78 is 30.5. The normalized spacial score (nSPS) is 15.8. The number of hydrogen-bond donors (Lipinski definition) is 1. The van der Waals surface area contributed by atoms with E-state index in [0.29, 0.717) is 5.52 Å². The molecule has 1 fully saturated rings. The summed E-state index contributed by atoms with van der Waals surface area (Å²) in [6, 6.07) is 4.27. The highest BCUT2D eigenvalue weighted by molar-refractivity contribution is 7.89. The number of aryl methyl sites for hydroxylation is 2. The van der Waals surface area contributed by atoms with Crippen LogP contribution in [0.5, 0.6) is 0 Å². The second kappa shape index (κ2) is 6.36. The first-order valence-electron chi connectivity index (χ1n) is 8.79. The van der Waals surface area contributed by atoms with Crippen LogP contribution >= 0.6 is 11.3 Å². The molecule has 4 rings (SSSR count). The fourth-order valence-corrected chi connectivity index (χ4v) is 5.38. The Morgan fingerprint density at radius 3 is 2.61 bits per heavy atom. The molecule has 0 radical (unpaired) electrons. The van der Waals surface area contributed by atoms with Crippen molar-refractivity contribution in [2.24, 2.45) is 7.05 Å². The first-order valence-corrected chi connectivity index (χ1v) is 11.1. The first kappa shape index (κ1) is 19.0. The topological polar surface area (TPSA) is 103 Å². The van der Waals surface area contributed by atoms with Gasteiger partial charge >= 0.3 is 5.69 Å². The Labute approximate surface area is 165 Å². The van der Waals surface area contributed by atoms with Crippen molar-refractivity contribution in [3.8, 4) is 0 Å². The minimum absolute atomic E-state index is 0.0176. The minimum atomic E-state index is -3.75. The van der Waals surface area contributed by atoms with E-state index in [1.54, 1.807) is 13.2 Å². The molecule has 1 aromatic carbocycles. The molecule has 2 heterocycles. The lowest BCUT2D eigenvalue weighted by Gasteiger charge is -2.14. The molecule has 1 aliphatic rings. The van der Waals surface area contributed by atoms with Crippen LogP contribution in [-0.2, 0) is 23.6 Å². The van der Waals surface area contributed by atoms with Gasteiger partial charge in [-0.1, -0.05) is 0 Å². The van der Waals surface area contributed by atoms with Crippen molar-refractivity contribution in [1.29, 1.82) is 0 Å². The Morgan fingerprint density at radius 1 is 1.29 bits per heavy atom. The van der Waals surface area contributed by atoms with Gasteiger partial charge in [-0.2, -0.15) is 0 Å². The quantitative estimate of drug-likeness (QED) is 0.671. The number of nitrogens with one attached hydrogen (secondary N) is 1. The van der Waals surface area contributed by atoms with E-state index < -0.39 is 26.8 Å². The van der Waals surface area contributed by atoms with E-state index in [4.69, 9.17) is 0 Å². The van der Waals surface area contributed by atoms with Crippen LogP contribution in [0.25, 0.3) is 10.9 Å². The van der Waals surface area contributed by atoms with Crippen LogP contribution in [0.4, 0.5) is 0 Å². The summed E-state index contributed by atoms with van der Waals surface area (Å²) in [6.07, 6.45) is 3.21. The van der Waals surface area contributed by atoms with Crippen LogP contribution in [0, 0.1) is 6.92 Å². The average Bonchev–Trinajstić information content (AvgIpc) is 3.20. The van der Waals surface area contributed by atoms with Crippen molar-refractivity contribution in [1.82, 2.24) is 18.8 Å². The molecular weight excluding hydrogens is 400 g/mol. The Hall–Kier alpha value is -2.30. The molecule has 0 unspecified atom stereocenters. The summed E-state index contributed by atoms with van der Waals surface area (Å²) in [4.78, 5) is 30.6. The predicted octanol–water partition coefficient (Wildman–Crippen LogP) is 1.34. The molecule has 28 heavy (non-hydrogen) atoms. The smallest absolute Gasteiger partial charge is 0.296 e. The maximum Gasteiger partial charge on any atom is 0.331 e. The lowest BCUT2D eigenvalue weighted by Crippen LogP contribution is -2.39. The fraction of sp³-hybridized carbons (Fsp3) is 0.389. The molecule has 3 aromatic rings. The van der Waals surface area contributed by atoms with Gasteiger partial charge in [0.05, 0.1) is 27.4 Å². The third kappa shape index (κ3) is 3.31. The van der Waals surface area contributed by atoms with E-state index in [2.05, 4.69) is 9.71 Å². The van der Waals surface area contributed by atoms with Gasteiger partial charge in [-0.25, -0.2) is 22.9 Å². The van der Waals surface area contributed by atoms with E-state index >= 15 is 0 Å². The molecule has 0 atom stereocenters. The molecule has 8 nitrogen and oxygen atoms in total. The van der Waals surface area contributed by atoms with E-state index in [9.17, 15) is 18.0 Å². The number of aromatic nitrogens is 3. The van der Waals surface area contributed by atoms with Crippen molar-refractivity contribution < 1.29 is 8.42 Å². The summed E-state index contributed by atoms with van der Waals surface area (Å²) in [5, 5.41) is 1.03. The maximum absolute atomic E-state index is 13.0. The first-order chi connectivity index (χ1) is 13.1. The summed E-state index contributed by atoms with van der Waals surface area (Å²) in [7, 11) is -2.18. The van der Waals surface area contributed by atoms with Crippen molar-refractivity contribution >= 4 is 32.3 Å². The Balaban J connectivity index is 1.86. The summed E-state index contributed by atoms with van der Waals surface area (Å²) in [5.41, 5.74) is -0.994. The maximum atomic E-state index is 13.0. The van der Waals surface area contributed by atoms with Crippen molar-refractivity contribution in [2.75, 3.05) is 0 Å². The molecule has 1 saturated carbocycles. The molecule has 0 spiro atoms. The van der Waals surface area contributed by atoms with Crippen LogP contribution in [0.1, 0.15) is 29.7 Å². The SMILES string of the molecule is Cc1ncc(Cn2c(=O)c3cc(S(=O)(=O)NC4(C)CC4)ccc3n(C)c2=O)s1. The summed E-state index contributed by atoms with van der Waals surface area (Å²) in [5.74, 6) is 0. The van der Waals surface area contributed by atoms with Crippen molar-refractivity contribution in [2.45, 2.75) is 43.7 Å². The number of sulfonamides is 1. The molecule has 10 heteroatoms. The highest BCUT2D eigenvalue weighted by Gasteiger charge is 2.41. The van der Waals surface area contributed by atoms with Crippen LogP contribution in [0.3, 0.4) is 0 Å². The minimum Gasteiger partial charge on any atom is -0.296 e. The Kier molecular flexibility index (Phi) is 4.32. The lowest BCUT2D eigenvalue weighted by atomic mass is 10.2. The molecular formula is C18H20N4O4S2. The zero-order valence-corrected chi connectivity index (χ0v) is 17.4. The molecule has 0 amide bonds.